The van der Waals surface area contributed by atoms with E-state index < -0.39 is 23.0 Å². The van der Waals surface area contributed by atoms with Crippen LogP contribution in [-0.2, 0) is 29.1 Å². The van der Waals surface area contributed by atoms with Crippen molar-refractivity contribution in [2.45, 2.75) is 92.3 Å². The third-order valence-electron chi connectivity index (χ3n) is 5.24. The average Bonchev–Trinajstić information content (AvgIpc) is 2.51. The zero-order valence-electron chi connectivity index (χ0n) is 16.1. The van der Waals surface area contributed by atoms with Gasteiger partial charge in [-0.1, -0.05) is 53.9 Å². The average molecular weight is 344 g/mol. The maximum atomic E-state index is 12.6. The fourth-order valence-corrected chi connectivity index (χ4v) is 2.58. The lowest BCUT2D eigenvalue weighted by Crippen LogP contribution is -2.60. The minimum Gasteiger partial charge on any atom is -0.247 e. The van der Waals surface area contributed by atoms with Crippen LogP contribution in [0.25, 0.3) is 0 Å². The van der Waals surface area contributed by atoms with E-state index in [0.717, 1.165) is 19.3 Å². The van der Waals surface area contributed by atoms with Crippen molar-refractivity contribution in [3.63, 3.8) is 0 Å². The second-order valence-corrected chi connectivity index (χ2v) is 7.99. The summed E-state index contributed by atoms with van der Waals surface area (Å²) in [4.78, 5) is 44.4. The van der Waals surface area contributed by atoms with Gasteiger partial charge < -0.3 is 0 Å². The minimum absolute atomic E-state index is 0.323. The predicted molar refractivity (Wildman–Crippen MR) is 88.5 cm³/mol. The Morgan fingerprint density at radius 2 is 1.71 bits per heavy atom. The lowest BCUT2D eigenvalue weighted by molar-refractivity contribution is -0.497. The number of carbonyl (C=O) groups is 2. The molecule has 1 fully saturated rings. The topological polar surface area (TPSA) is 71.1 Å². The van der Waals surface area contributed by atoms with Gasteiger partial charge in [-0.2, -0.15) is 0 Å². The van der Waals surface area contributed by atoms with E-state index in [0.29, 0.717) is 12.8 Å². The fourth-order valence-electron chi connectivity index (χ4n) is 2.58. The van der Waals surface area contributed by atoms with E-state index >= 15 is 0 Å². The van der Waals surface area contributed by atoms with Crippen molar-refractivity contribution in [3.05, 3.63) is 0 Å². The number of rotatable bonds is 7. The van der Waals surface area contributed by atoms with Gasteiger partial charge >= 0.3 is 11.9 Å². The molecule has 140 valence electrons. The van der Waals surface area contributed by atoms with Crippen LogP contribution in [0.2, 0.25) is 0 Å². The van der Waals surface area contributed by atoms with Crippen molar-refractivity contribution in [1.29, 1.82) is 0 Å². The second-order valence-electron chi connectivity index (χ2n) is 7.99. The maximum absolute atomic E-state index is 12.6. The van der Waals surface area contributed by atoms with Gasteiger partial charge in [0.2, 0.25) is 5.60 Å². The van der Waals surface area contributed by atoms with Gasteiger partial charge in [0.1, 0.15) is 6.10 Å². The number of unbranched alkanes of at least 4 members (excludes halogenated alkanes) is 1. The van der Waals surface area contributed by atoms with Crippen LogP contribution < -0.4 is 0 Å². The SMILES string of the molecule is CCCCC(C)(C(=O)OOC(=O)C1(C)OOC1CCC)C(C)(C)C. The third-order valence-corrected chi connectivity index (χ3v) is 5.24. The summed E-state index contributed by atoms with van der Waals surface area (Å²) in [5.41, 5.74) is -2.29. The highest BCUT2D eigenvalue weighted by molar-refractivity contribution is 5.82. The van der Waals surface area contributed by atoms with E-state index in [1.54, 1.807) is 6.92 Å². The van der Waals surface area contributed by atoms with Crippen LogP contribution in [0.3, 0.4) is 0 Å². The maximum Gasteiger partial charge on any atom is 0.392 e. The van der Waals surface area contributed by atoms with Gasteiger partial charge in [0.15, 0.2) is 0 Å². The molecule has 0 radical (unpaired) electrons. The van der Waals surface area contributed by atoms with Crippen LogP contribution >= 0.6 is 0 Å². The predicted octanol–water partition coefficient (Wildman–Crippen LogP) is 4.12. The molecule has 0 aromatic rings. The lowest BCUT2D eigenvalue weighted by atomic mass is 9.65. The molecule has 1 aliphatic heterocycles. The van der Waals surface area contributed by atoms with Crippen molar-refractivity contribution in [1.82, 2.24) is 0 Å². The number of hydrogen-bond donors (Lipinski definition) is 0. The Hall–Kier alpha value is -1.14. The summed E-state index contributed by atoms with van der Waals surface area (Å²) >= 11 is 0. The summed E-state index contributed by atoms with van der Waals surface area (Å²) in [6.07, 6.45) is 3.65. The Balaban J connectivity index is 2.70. The Kier molecular flexibility index (Phi) is 6.82. The highest BCUT2D eigenvalue weighted by atomic mass is 17.3. The molecular formula is C18H32O6. The first kappa shape index (κ1) is 20.9. The van der Waals surface area contributed by atoms with E-state index in [9.17, 15) is 9.59 Å². The first-order valence-electron chi connectivity index (χ1n) is 8.80. The number of carbonyl (C=O) groups excluding carboxylic acids is 2. The first-order chi connectivity index (χ1) is 11.0. The van der Waals surface area contributed by atoms with Crippen molar-refractivity contribution in [3.8, 4) is 0 Å². The summed E-state index contributed by atoms with van der Waals surface area (Å²) in [6.45, 7) is 13.4. The monoisotopic (exact) mass is 344 g/mol. The van der Waals surface area contributed by atoms with Crippen LogP contribution in [0.1, 0.15) is 80.6 Å². The molecule has 1 saturated heterocycles. The van der Waals surface area contributed by atoms with E-state index in [4.69, 9.17) is 19.6 Å². The molecule has 3 unspecified atom stereocenters. The quantitative estimate of drug-likeness (QED) is 0.511. The molecule has 24 heavy (non-hydrogen) atoms. The van der Waals surface area contributed by atoms with Gasteiger partial charge in [-0.15, -0.1) is 0 Å². The summed E-state index contributed by atoms with van der Waals surface area (Å²) in [7, 11) is 0. The van der Waals surface area contributed by atoms with Gasteiger partial charge in [0.05, 0.1) is 5.41 Å². The van der Waals surface area contributed by atoms with Crippen LogP contribution in [-0.4, -0.2) is 23.6 Å². The molecule has 6 nitrogen and oxygen atoms in total. The molecule has 0 saturated carbocycles. The van der Waals surface area contributed by atoms with Gasteiger partial charge in [0, 0.05) is 0 Å². The number of hydrogen-bond acceptors (Lipinski definition) is 6. The largest absolute Gasteiger partial charge is 0.392 e. The Labute approximate surface area is 145 Å². The summed E-state index contributed by atoms with van der Waals surface area (Å²) in [5.74, 6) is -1.28. The fraction of sp³-hybridized carbons (Fsp3) is 0.889. The van der Waals surface area contributed by atoms with E-state index in [2.05, 4.69) is 6.92 Å². The minimum atomic E-state index is -1.22. The highest BCUT2D eigenvalue weighted by Crippen LogP contribution is 2.44. The Bertz CT molecular complexity index is 455. The van der Waals surface area contributed by atoms with Crippen molar-refractivity contribution >= 4 is 11.9 Å². The summed E-state index contributed by atoms with van der Waals surface area (Å²) < 4.78 is 0. The van der Waals surface area contributed by atoms with Gasteiger partial charge in [-0.3, -0.25) is 0 Å². The summed E-state index contributed by atoms with van der Waals surface area (Å²) in [6, 6.07) is 0. The zero-order valence-corrected chi connectivity index (χ0v) is 16.1. The van der Waals surface area contributed by atoms with E-state index in [-0.39, 0.29) is 11.5 Å². The zero-order chi connectivity index (χ0) is 18.6. The van der Waals surface area contributed by atoms with Gasteiger partial charge in [0.25, 0.3) is 0 Å². The Morgan fingerprint density at radius 3 is 2.12 bits per heavy atom. The molecule has 3 atom stereocenters. The summed E-state index contributed by atoms with van der Waals surface area (Å²) in [5, 5.41) is 0. The second kappa shape index (κ2) is 7.83. The van der Waals surface area contributed by atoms with E-state index in [1.807, 2.05) is 34.6 Å². The van der Waals surface area contributed by atoms with Crippen LogP contribution in [0.15, 0.2) is 0 Å². The van der Waals surface area contributed by atoms with Crippen molar-refractivity contribution in [2.75, 3.05) is 0 Å². The van der Waals surface area contributed by atoms with Crippen molar-refractivity contribution in [2.24, 2.45) is 10.8 Å². The normalized spacial score (nSPS) is 26.2. The molecule has 1 rings (SSSR count). The molecule has 6 heteroatoms. The molecular weight excluding hydrogens is 312 g/mol. The molecule has 0 bridgehead atoms. The van der Waals surface area contributed by atoms with Crippen LogP contribution in [0.5, 0.6) is 0 Å². The Morgan fingerprint density at radius 1 is 1.08 bits per heavy atom. The third kappa shape index (κ3) is 4.09. The molecule has 1 heterocycles. The first-order valence-corrected chi connectivity index (χ1v) is 8.80. The smallest absolute Gasteiger partial charge is 0.247 e. The highest BCUT2D eigenvalue weighted by Gasteiger charge is 2.56. The van der Waals surface area contributed by atoms with Crippen LogP contribution in [0, 0.1) is 10.8 Å². The molecule has 0 aromatic heterocycles. The molecule has 0 aliphatic carbocycles. The molecule has 0 aromatic carbocycles. The van der Waals surface area contributed by atoms with E-state index in [1.165, 1.54) is 0 Å². The lowest BCUT2D eigenvalue weighted by Gasteiger charge is -2.42. The van der Waals surface area contributed by atoms with Crippen LogP contribution in [0.4, 0.5) is 0 Å². The van der Waals surface area contributed by atoms with Gasteiger partial charge in [-0.25, -0.2) is 29.1 Å². The molecule has 0 amide bonds. The van der Waals surface area contributed by atoms with Gasteiger partial charge in [-0.05, 0) is 32.1 Å². The molecule has 0 N–H and O–H groups in total. The molecule has 0 spiro atoms. The van der Waals surface area contributed by atoms with Crippen molar-refractivity contribution < 1.29 is 29.1 Å². The standard InChI is InChI=1S/C18H32O6/c1-8-10-12-17(6,16(3,4)5)14(19)22-23-15(20)18(7)13(11-9-2)21-24-18/h13H,8-12H2,1-7H3. The molecule has 1 aliphatic rings.